The van der Waals surface area contributed by atoms with Crippen LogP contribution in [-0.4, -0.2) is 88.0 Å². The summed E-state index contributed by atoms with van der Waals surface area (Å²) in [6, 6.07) is 16.8. The van der Waals surface area contributed by atoms with Gasteiger partial charge in [0.25, 0.3) is 11.8 Å². The molecule has 8 rings (SSSR count). The second-order valence-corrected chi connectivity index (χ2v) is 15.0. The van der Waals surface area contributed by atoms with E-state index in [4.69, 9.17) is 0 Å². The first kappa shape index (κ1) is 34.6. The maximum absolute atomic E-state index is 15.3. The highest BCUT2D eigenvalue weighted by atomic mass is 32.1. The van der Waals surface area contributed by atoms with Crippen molar-refractivity contribution in [2.75, 3.05) is 36.9 Å². The Morgan fingerprint density at radius 1 is 0.962 bits per heavy atom. The second-order valence-electron chi connectivity index (χ2n) is 14.1. The lowest BCUT2D eigenvalue weighted by Gasteiger charge is -2.38. The molecule has 272 valence electrons. The molecule has 1 aromatic heterocycles. The Morgan fingerprint density at radius 2 is 1.75 bits per heavy atom. The van der Waals surface area contributed by atoms with Gasteiger partial charge in [-0.3, -0.25) is 34.2 Å². The Labute approximate surface area is 309 Å². The molecule has 0 saturated carbocycles. The lowest BCUT2D eigenvalue weighted by molar-refractivity contribution is -0.137. The Hall–Kier alpha value is -5.47. The number of hydrogen-bond donors (Lipinski definition) is 2. The van der Waals surface area contributed by atoms with Crippen LogP contribution in [0.1, 0.15) is 63.1 Å². The van der Waals surface area contributed by atoms with Crippen LogP contribution in [0.15, 0.2) is 66.2 Å². The smallest absolute Gasteiger partial charge is 0.255 e. The minimum Gasteiger partial charge on any atom is -0.371 e. The summed E-state index contributed by atoms with van der Waals surface area (Å²) in [6.07, 6.45) is 4.10. The molecule has 1 atom stereocenters. The molecule has 0 aliphatic carbocycles. The highest BCUT2D eigenvalue weighted by Crippen LogP contribution is 2.33. The number of fused-ring (bicyclic) bond motifs is 2. The van der Waals surface area contributed by atoms with Crippen molar-refractivity contribution in [3.8, 4) is 11.1 Å². The van der Waals surface area contributed by atoms with E-state index < -0.39 is 17.8 Å². The van der Waals surface area contributed by atoms with E-state index in [1.54, 1.807) is 22.5 Å². The van der Waals surface area contributed by atoms with Gasteiger partial charge in [0.2, 0.25) is 17.7 Å². The topological polar surface area (TPSA) is 135 Å². The van der Waals surface area contributed by atoms with E-state index in [9.17, 15) is 24.0 Å². The van der Waals surface area contributed by atoms with Gasteiger partial charge in [0.15, 0.2) is 5.13 Å². The van der Waals surface area contributed by atoms with Crippen molar-refractivity contribution in [3.63, 3.8) is 0 Å². The first-order valence-corrected chi connectivity index (χ1v) is 18.6. The number of carbonyl (C=O) groups excluding carboxylic acids is 5. The third-order valence-corrected chi connectivity index (χ3v) is 11.4. The van der Waals surface area contributed by atoms with Gasteiger partial charge < -0.3 is 20.0 Å². The van der Waals surface area contributed by atoms with Crippen LogP contribution in [0, 0.1) is 5.82 Å². The van der Waals surface area contributed by atoms with Crippen LogP contribution in [0.3, 0.4) is 0 Å². The first-order valence-electron chi connectivity index (χ1n) is 17.7. The number of halogens is 1. The predicted molar refractivity (Wildman–Crippen MR) is 197 cm³/mol. The van der Waals surface area contributed by atoms with E-state index in [-0.39, 0.29) is 48.7 Å². The molecule has 4 aliphatic rings. The van der Waals surface area contributed by atoms with Crippen molar-refractivity contribution in [1.82, 2.24) is 25.0 Å². The fourth-order valence-corrected chi connectivity index (χ4v) is 8.45. The van der Waals surface area contributed by atoms with Gasteiger partial charge in [-0.1, -0.05) is 24.3 Å². The maximum Gasteiger partial charge on any atom is 0.255 e. The summed E-state index contributed by atoms with van der Waals surface area (Å²) in [5.74, 6) is -2.09. The molecule has 5 heterocycles. The molecule has 0 radical (unpaired) electrons. The number of aromatic nitrogens is 1. The number of rotatable bonds is 9. The number of imide groups is 1. The Bertz CT molecular complexity index is 2120. The van der Waals surface area contributed by atoms with E-state index >= 15 is 4.39 Å². The standard InChI is InChI=1S/C39H38FN7O5S/c1-44(19-23-2-7-29-26(16-23)20-47(38(29)52)33-8-9-34(48)42-36(33)50)27-10-13-45(14-11-27)28-5-3-24(4-6-28)25-17-30-31(32(40)18-25)21-46(37(30)51)22-35(49)43-39-41-12-15-53-39/h2-7,12,15-18,27,33H,8-11,13-14,19-22H2,1H3,(H,41,43,49)(H,42,48,50). The summed E-state index contributed by atoms with van der Waals surface area (Å²) in [5, 5.41) is 7.21. The summed E-state index contributed by atoms with van der Waals surface area (Å²) < 4.78 is 15.3. The van der Waals surface area contributed by atoms with Gasteiger partial charge in [0.1, 0.15) is 18.4 Å². The molecule has 4 aromatic rings. The fourth-order valence-electron chi connectivity index (χ4n) is 7.91. The minimum absolute atomic E-state index is 0.0369. The van der Waals surface area contributed by atoms with Crippen LogP contribution >= 0.6 is 11.3 Å². The molecule has 5 amide bonds. The molecule has 12 nitrogen and oxygen atoms in total. The SMILES string of the molecule is CN(Cc1ccc2c(c1)CN(C1CCC(=O)NC1=O)C2=O)C1CCN(c2ccc(-c3cc(F)c4c(c3)C(=O)N(CC(=O)Nc3nccs3)C4)cc2)CC1. The number of benzene rings is 3. The average molecular weight is 736 g/mol. The van der Waals surface area contributed by atoms with Crippen LogP contribution in [-0.2, 0) is 34.0 Å². The average Bonchev–Trinajstić information content (AvgIpc) is 3.86. The molecule has 2 saturated heterocycles. The molecule has 2 N–H and O–H groups in total. The van der Waals surface area contributed by atoms with Crippen LogP contribution in [0.5, 0.6) is 0 Å². The number of piperidine rings is 2. The largest absolute Gasteiger partial charge is 0.371 e. The molecule has 0 spiro atoms. The van der Waals surface area contributed by atoms with Crippen LogP contribution in [0.4, 0.5) is 15.2 Å². The summed E-state index contributed by atoms with van der Waals surface area (Å²) in [7, 11) is 2.13. The van der Waals surface area contributed by atoms with E-state index in [2.05, 4.69) is 38.5 Å². The van der Waals surface area contributed by atoms with Crippen molar-refractivity contribution >= 4 is 51.7 Å². The minimum atomic E-state index is -0.623. The number of nitrogens with one attached hydrogen (secondary N) is 2. The third kappa shape index (κ3) is 6.91. The monoisotopic (exact) mass is 735 g/mol. The van der Waals surface area contributed by atoms with E-state index in [1.165, 1.54) is 22.3 Å². The zero-order valence-electron chi connectivity index (χ0n) is 29.1. The van der Waals surface area contributed by atoms with Crippen LogP contribution in [0.2, 0.25) is 0 Å². The highest BCUT2D eigenvalue weighted by molar-refractivity contribution is 7.13. The highest BCUT2D eigenvalue weighted by Gasteiger charge is 2.39. The van der Waals surface area contributed by atoms with Crippen molar-refractivity contribution in [3.05, 3.63) is 99.8 Å². The Balaban J connectivity index is 0.851. The molecule has 14 heteroatoms. The van der Waals surface area contributed by atoms with Gasteiger partial charge in [0, 0.05) is 72.6 Å². The molecular formula is C39H38FN7O5S. The maximum atomic E-state index is 15.3. The van der Waals surface area contributed by atoms with Crippen molar-refractivity contribution in [1.29, 1.82) is 0 Å². The number of hydrogen-bond acceptors (Lipinski definition) is 9. The van der Waals surface area contributed by atoms with Crippen molar-refractivity contribution in [2.24, 2.45) is 0 Å². The first-order chi connectivity index (χ1) is 25.6. The lowest BCUT2D eigenvalue weighted by Crippen LogP contribution is -2.52. The molecular weight excluding hydrogens is 698 g/mol. The van der Waals surface area contributed by atoms with Gasteiger partial charge in [-0.2, -0.15) is 0 Å². The van der Waals surface area contributed by atoms with E-state index in [0.717, 1.165) is 54.9 Å². The molecule has 4 aliphatic heterocycles. The van der Waals surface area contributed by atoms with Crippen LogP contribution < -0.4 is 15.5 Å². The fraction of sp³-hybridized carbons (Fsp3) is 0.333. The molecule has 3 aromatic carbocycles. The molecule has 53 heavy (non-hydrogen) atoms. The Morgan fingerprint density at radius 3 is 2.49 bits per heavy atom. The normalized spacial score (nSPS) is 18.8. The van der Waals surface area contributed by atoms with E-state index in [1.807, 2.05) is 36.4 Å². The molecule has 1 unspecified atom stereocenters. The summed E-state index contributed by atoms with van der Waals surface area (Å²) in [4.78, 5) is 74.4. The van der Waals surface area contributed by atoms with Gasteiger partial charge in [-0.15, -0.1) is 11.3 Å². The second kappa shape index (κ2) is 14.2. The third-order valence-electron chi connectivity index (χ3n) is 10.7. The zero-order chi connectivity index (χ0) is 36.8. The van der Waals surface area contributed by atoms with Crippen molar-refractivity contribution in [2.45, 2.75) is 57.4 Å². The summed E-state index contributed by atoms with van der Waals surface area (Å²) in [6.45, 7) is 2.70. The quantitative estimate of drug-likeness (QED) is 0.242. The number of anilines is 2. The number of carbonyl (C=O) groups is 5. The van der Waals surface area contributed by atoms with Gasteiger partial charge in [-0.05, 0) is 78.9 Å². The van der Waals surface area contributed by atoms with Crippen LogP contribution in [0.25, 0.3) is 11.1 Å². The van der Waals surface area contributed by atoms with Gasteiger partial charge >= 0.3 is 0 Å². The predicted octanol–water partition coefficient (Wildman–Crippen LogP) is 4.41. The summed E-state index contributed by atoms with van der Waals surface area (Å²) >= 11 is 1.28. The van der Waals surface area contributed by atoms with E-state index in [0.29, 0.717) is 40.8 Å². The Kier molecular flexibility index (Phi) is 9.25. The molecule has 0 bridgehead atoms. The van der Waals surface area contributed by atoms with Gasteiger partial charge in [-0.25, -0.2) is 9.37 Å². The lowest BCUT2D eigenvalue weighted by atomic mass is 9.98. The van der Waals surface area contributed by atoms with Gasteiger partial charge in [0.05, 0.1) is 6.54 Å². The number of thiazole rings is 1. The van der Waals surface area contributed by atoms with Crippen molar-refractivity contribution < 1.29 is 28.4 Å². The summed E-state index contributed by atoms with van der Waals surface area (Å²) in [5.41, 5.74) is 5.70. The molecule has 2 fully saturated rings. The number of nitrogens with zero attached hydrogens (tertiary/aromatic N) is 5. The zero-order valence-corrected chi connectivity index (χ0v) is 30.0. The number of amides is 5.